The zero-order valence-corrected chi connectivity index (χ0v) is 16.3. The number of aliphatic carboxylic acids is 1. The molecular weight excluding hydrogens is 362 g/mol. The molecule has 2 heterocycles. The molecule has 7 heteroatoms. The number of carboxylic acids is 1. The number of rotatable bonds is 5. The van der Waals surface area contributed by atoms with Gasteiger partial charge in [0.2, 0.25) is 5.91 Å². The SMILES string of the molecule is Cc1c(CC(=O)NCCC(=O)[O-])c(=O)oc2cc3occ(C(C)(C)C)c3cc12. The van der Waals surface area contributed by atoms with Crippen molar-refractivity contribution in [3.8, 4) is 0 Å². The van der Waals surface area contributed by atoms with Gasteiger partial charge in [-0.1, -0.05) is 20.8 Å². The van der Waals surface area contributed by atoms with Gasteiger partial charge in [0.15, 0.2) is 0 Å². The van der Waals surface area contributed by atoms with Crippen LogP contribution in [0, 0.1) is 6.92 Å². The minimum Gasteiger partial charge on any atom is -0.550 e. The van der Waals surface area contributed by atoms with Crippen LogP contribution in [0.3, 0.4) is 0 Å². The Morgan fingerprint density at radius 3 is 2.50 bits per heavy atom. The largest absolute Gasteiger partial charge is 0.550 e. The summed E-state index contributed by atoms with van der Waals surface area (Å²) in [6, 6.07) is 3.61. The Hall–Kier alpha value is -3.09. The van der Waals surface area contributed by atoms with Crippen LogP contribution in [0.5, 0.6) is 0 Å². The molecule has 1 aromatic carbocycles. The molecule has 28 heavy (non-hydrogen) atoms. The molecule has 1 N–H and O–H groups in total. The molecule has 0 aliphatic heterocycles. The fourth-order valence-corrected chi connectivity index (χ4v) is 3.22. The number of hydrogen-bond acceptors (Lipinski definition) is 6. The molecule has 0 aliphatic carbocycles. The maximum absolute atomic E-state index is 12.4. The van der Waals surface area contributed by atoms with Crippen LogP contribution in [-0.4, -0.2) is 18.4 Å². The van der Waals surface area contributed by atoms with Crippen molar-refractivity contribution in [1.29, 1.82) is 0 Å². The summed E-state index contributed by atoms with van der Waals surface area (Å²) < 4.78 is 11.1. The van der Waals surface area contributed by atoms with Crippen molar-refractivity contribution in [2.24, 2.45) is 0 Å². The predicted molar refractivity (Wildman–Crippen MR) is 102 cm³/mol. The van der Waals surface area contributed by atoms with Gasteiger partial charge in [-0.15, -0.1) is 0 Å². The van der Waals surface area contributed by atoms with E-state index in [4.69, 9.17) is 8.83 Å². The highest BCUT2D eigenvalue weighted by atomic mass is 16.4. The summed E-state index contributed by atoms with van der Waals surface area (Å²) in [5, 5.41) is 14.6. The van der Waals surface area contributed by atoms with Gasteiger partial charge in [0.25, 0.3) is 0 Å². The average Bonchev–Trinajstić information content (AvgIpc) is 3.00. The fraction of sp³-hybridized carbons (Fsp3) is 0.381. The minimum absolute atomic E-state index is 0.0519. The van der Waals surface area contributed by atoms with Crippen LogP contribution < -0.4 is 16.0 Å². The van der Waals surface area contributed by atoms with E-state index in [1.807, 2.05) is 6.07 Å². The van der Waals surface area contributed by atoms with Gasteiger partial charge in [-0.25, -0.2) is 4.79 Å². The standard InChI is InChI=1S/C21H23NO6/c1-11-12-7-14-15(21(2,3)4)10-27-16(14)9-17(12)28-20(26)13(11)8-18(23)22-6-5-19(24)25/h7,9-10H,5-6,8H2,1-4H3,(H,22,23)(H,24,25)/p-1. The Bertz CT molecular complexity index is 1130. The summed E-state index contributed by atoms with van der Waals surface area (Å²) >= 11 is 0. The van der Waals surface area contributed by atoms with Crippen molar-refractivity contribution in [3.05, 3.63) is 45.5 Å². The number of nitrogens with one attached hydrogen (secondary N) is 1. The number of furan rings is 1. The number of aryl methyl sites for hydroxylation is 1. The number of amides is 1. The van der Waals surface area contributed by atoms with E-state index in [0.29, 0.717) is 16.7 Å². The summed E-state index contributed by atoms with van der Waals surface area (Å²) in [6.45, 7) is 7.97. The molecule has 3 aromatic rings. The van der Waals surface area contributed by atoms with Gasteiger partial charge < -0.3 is 24.1 Å². The first-order chi connectivity index (χ1) is 13.1. The first-order valence-corrected chi connectivity index (χ1v) is 9.02. The van der Waals surface area contributed by atoms with Gasteiger partial charge in [0.1, 0.15) is 11.2 Å². The molecule has 0 unspecified atom stereocenters. The van der Waals surface area contributed by atoms with Crippen LogP contribution in [-0.2, 0) is 21.4 Å². The average molecular weight is 384 g/mol. The molecule has 2 aromatic heterocycles. The molecule has 3 rings (SSSR count). The lowest BCUT2D eigenvalue weighted by atomic mass is 9.86. The van der Waals surface area contributed by atoms with E-state index in [2.05, 4.69) is 26.1 Å². The van der Waals surface area contributed by atoms with E-state index >= 15 is 0 Å². The third kappa shape index (κ3) is 3.78. The lowest BCUT2D eigenvalue weighted by Crippen LogP contribution is -2.32. The molecule has 0 fully saturated rings. The number of hydrogen-bond donors (Lipinski definition) is 1. The third-order valence-corrected chi connectivity index (χ3v) is 4.78. The van der Waals surface area contributed by atoms with Crippen molar-refractivity contribution in [2.45, 2.75) is 46.0 Å². The minimum atomic E-state index is -1.25. The first kappa shape index (κ1) is 19.7. The van der Waals surface area contributed by atoms with Crippen LogP contribution >= 0.6 is 0 Å². The number of benzene rings is 1. The number of carbonyl (C=O) groups is 2. The van der Waals surface area contributed by atoms with Crippen molar-refractivity contribution in [3.63, 3.8) is 0 Å². The second kappa shape index (κ2) is 7.14. The Balaban J connectivity index is 2.02. The molecule has 0 aliphatic rings. The summed E-state index contributed by atoms with van der Waals surface area (Å²) in [5.41, 5.74) is 2.25. The number of fused-ring (bicyclic) bond motifs is 2. The normalized spacial score (nSPS) is 11.9. The lowest BCUT2D eigenvalue weighted by Gasteiger charge is -2.16. The fourth-order valence-electron chi connectivity index (χ4n) is 3.22. The molecule has 1 amide bonds. The molecule has 0 saturated heterocycles. The monoisotopic (exact) mass is 384 g/mol. The van der Waals surface area contributed by atoms with Crippen molar-refractivity contribution in [2.75, 3.05) is 6.54 Å². The Morgan fingerprint density at radius 2 is 1.86 bits per heavy atom. The molecule has 0 bridgehead atoms. The second-order valence-corrected chi connectivity index (χ2v) is 7.89. The van der Waals surface area contributed by atoms with E-state index in [1.165, 1.54) is 0 Å². The van der Waals surface area contributed by atoms with Crippen molar-refractivity contribution >= 4 is 33.8 Å². The zero-order valence-electron chi connectivity index (χ0n) is 16.3. The Kier molecular flexibility index (Phi) is 5.02. The van der Waals surface area contributed by atoms with E-state index in [9.17, 15) is 19.5 Å². The smallest absolute Gasteiger partial charge is 0.340 e. The second-order valence-electron chi connectivity index (χ2n) is 7.89. The van der Waals surface area contributed by atoms with Crippen LogP contribution in [0.1, 0.15) is 43.9 Å². The van der Waals surface area contributed by atoms with Gasteiger partial charge in [0.05, 0.1) is 18.2 Å². The van der Waals surface area contributed by atoms with Crippen LogP contribution in [0.25, 0.3) is 21.9 Å². The van der Waals surface area contributed by atoms with Crippen LogP contribution in [0.4, 0.5) is 0 Å². The van der Waals surface area contributed by atoms with E-state index in [1.54, 1.807) is 19.3 Å². The number of carbonyl (C=O) groups excluding carboxylic acids is 2. The van der Waals surface area contributed by atoms with Gasteiger partial charge in [-0.3, -0.25) is 4.79 Å². The summed E-state index contributed by atoms with van der Waals surface area (Å²) in [7, 11) is 0. The van der Waals surface area contributed by atoms with E-state index in [0.717, 1.165) is 16.3 Å². The molecule has 7 nitrogen and oxygen atoms in total. The third-order valence-electron chi connectivity index (χ3n) is 4.78. The summed E-state index contributed by atoms with van der Waals surface area (Å²) in [6.07, 6.45) is 1.24. The van der Waals surface area contributed by atoms with Gasteiger partial charge in [0, 0.05) is 41.3 Å². The van der Waals surface area contributed by atoms with Gasteiger partial charge in [-0.2, -0.15) is 0 Å². The van der Waals surface area contributed by atoms with Gasteiger partial charge in [-0.05, 0) is 24.0 Å². The highest BCUT2D eigenvalue weighted by Gasteiger charge is 2.22. The topological polar surface area (TPSA) is 113 Å². The molecule has 0 atom stereocenters. The van der Waals surface area contributed by atoms with Crippen LogP contribution in [0.15, 0.2) is 32.0 Å². The first-order valence-electron chi connectivity index (χ1n) is 9.02. The quantitative estimate of drug-likeness (QED) is 0.673. The Labute approximate surface area is 161 Å². The molecule has 0 spiro atoms. The van der Waals surface area contributed by atoms with Crippen LogP contribution in [0.2, 0.25) is 0 Å². The Morgan fingerprint density at radius 1 is 1.14 bits per heavy atom. The predicted octanol–water partition coefficient (Wildman–Crippen LogP) is 1.94. The van der Waals surface area contributed by atoms with E-state index in [-0.39, 0.29) is 30.4 Å². The highest BCUT2D eigenvalue weighted by molar-refractivity contribution is 5.97. The van der Waals surface area contributed by atoms with Crippen molar-refractivity contribution < 1.29 is 23.5 Å². The molecule has 148 valence electrons. The van der Waals surface area contributed by atoms with E-state index < -0.39 is 17.5 Å². The highest BCUT2D eigenvalue weighted by Crippen LogP contribution is 2.35. The summed E-state index contributed by atoms with van der Waals surface area (Å²) in [4.78, 5) is 34.9. The summed E-state index contributed by atoms with van der Waals surface area (Å²) in [5.74, 6) is -1.70. The maximum atomic E-state index is 12.4. The van der Waals surface area contributed by atoms with Gasteiger partial charge >= 0.3 is 5.63 Å². The lowest BCUT2D eigenvalue weighted by molar-refractivity contribution is -0.305. The molecule has 0 radical (unpaired) electrons. The zero-order chi connectivity index (χ0) is 20.6. The maximum Gasteiger partial charge on any atom is 0.340 e. The molecule has 0 saturated carbocycles. The van der Waals surface area contributed by atoms with Crippen molar-refractivity contribution in [1.82, 2.24) is 5.32 Å². The molecular formula is C21H22NO6-. The number of carboxylic acid groups (broad SMARTS) is 1.